The normalized spacial score (nSPS) is 17.6. The van der Waals surface area contributed by atoms with Gasteiger partial charge < -0.3 is 19.3 Å². The SMILES string of the molecule is O=C(CN1CCCC(c2nc(-c3cccc(F)c3)no2)C1)NC(=O)Nc1ccc2c(c1)OCCO2. The number of halogens is 1. The molecule has 0 saturated carbocycles. The number of rotatable bonds is 5. The van der Waals surface area contributed by atoms with Gasteiger partial charge in [0, 0.05) is 23.9 Å². The number of hydrogen-bond donors (Lipinski definition) is 2. The van der Waals surface area contributed by atoms with Crippen molar-refractivity contribution in [2.45, 2.75) is 18.8 Å². The Morgan fingerprint density at radius 2 is 1.97 bits per heavy atom. The third-order valence-corrected chi connectivity index (χ3v) is 5.80. The molecule has 2 aliphatic rings. The van der Waals surface area contributed by atoms with E-state index in [4.69, 9.17) is 14.0 Å². The van der Waals surface area contributed by atoms with Crippen molar-refractivity contribution in [2.24, 2.45) is 0 Å². The summed E-state index contributed by atoms with van der Waals surface area (Å²) in [5.74, 6) is 1.07. The Morgan fingerprint density at radius 1 is 1.11 bits per heavy atom. The Morgan fingerprint density at radius 3 is 2.83 bits per heavy atom. The van der Waals surface area contributed by atoms with Crippen molar-refractivity contribution in [3.63, 3.8) is 0 Å². The lowest BCUT2D eigenvalue weighted by atomic mass is 9.98. The summed E-state index contributed by atoms with van der Waals surface area (Å²) in [4.78, 5) is 31.1. The van der Waals surface area contributed by atoms with Crippen molar-refractivity contribution >= 4 is 17.6 Å². The van der Waals surface area contributed by atoms with E-state index in [1.54, 1.807) is 30.3 Å². The monoisotopic (exact) mass is 481 g/mol. The van der Waals surface area contributed by atoms with Gasteiger partial charge >= 0.3 is 6.03 Å². The van der Waals surface area contributed by atoms with E-state index in [2.05, 4.69) is 20.8 Å². The van der Waals surface area contributed by atoms with E-state index in [9.17, 15) is 14.0 Å². The quantitative estimate of drug-likeness (QED) is 0.571. The van der Waals surface area contributed by atoms with Crippen LogP contribution in [-0.4, -0.2) is 59.8 Å². The van der Waals surface area contributed by atoms with Crippen molar-refractivity contribution in [2.75, 3.05) is 38.2 Å². The van der Waals surface area contributed by atoms with Crippen LogP contribution in [0.3, 0.4) is 0 Å². The van der Waals surface area contributed by atoms with Crippen LogP contribution in [0.25, 0.3) is 11.4 Å². The van der Waals surface area contributed by atoms with Gasteiger partial charge in [-0.25, -0.2) is 9.18 Å². The van der Waals surface area contributed by atoms with Crippen LogP contribution >= 0.6 is 0 Å². The highest BCUT2D eigenvalue weighted by molar-refractivity contribution is 6.01. The standard InChI is InChI=1S/C24H24FN5O5/c25-17-5-1-3-15(11-17)22-28-23(35-29-22)16-4-2-8-30(13-16)14-21(31)27-24(32)26-18-6-7-19-20(12-18)34-10-9-33-19/h1,3,5-7,11-12,16H,2,4,8-10,13-14H2,(H2,26,27,31,32). The number of benzene rings is 2. The Balaban J connectivity index is 1.13. The molecule has 2 N–H and O–H groups in total. The number of piperidine rings is 1. The van der Waals surface area contributed by atoms with Crippen LogP contribution in [0, 0.1) is 5.82 Å². The maximum absolute atomic E-state index is 13.5. The molecule has 0 bridgehead atoms. The minimum Gasteiger partial charge on any atom is -0.486 e. The van der Waals surface area contributed by atoms with Gasteiger partial charge in [-0.3, -0.25) is 15.0 Å². The second kappa shape index (κ2) is 10.1. The van der Waals surface area contributed by atoms with Crippen LogP contribution in [0.15, 0.2) is 47.0 Å². The molecule has 3 heterocycles. The summed E-state index contributed by atoms with van der Waals surface area (Å²) < 4.78 is 29.9. The second-order valence-electron chi connectivity index (χ2n) is 8.40. The number of aromatic nitrogens is 2. The summed E-state index contributed by atoms with van der Waals surface area (Å²) in [6.07, 6.45) is 1.66. The van der Waals surface area contributed by atoms with Crippen LogP contribution in [0.5, 0.6) is 11.5 Å². The van der Waals surface area contributed by atoms with Gasteiger partial charge in [0.15, 0.2) is 11.5 Å². The number of likely N-dealkylation sites (tertiary alicyclic amines) is 1. The summed E-state index contributed by atoms with van der Waals surface area (Å²) in [6, 6.07) is 10.4. The largest absolute Gasteiger partial charge is 0.486 e. The number of nitrogens with zero attached hydrogens (tertiary/aromatic N) is 3. The van der Waals surface area contributed by atoms with E-state index >= 15 is 0 Å². The zero-order valence-electron chi connectivity index (χ0n) is 18.8. The Hall–Kier alpha value is -3.99. The number of carbonyl (C=O) groups is 2. The Bertz CT molecular complexity index is 1230. The number of amides is 3. The smallest absolute Gasteiger partial charge is 0.325 e. The van der Waals surface area contributed by atoms with Crippen LogP contribution in [0.4, 0.5) is 14.9 Å². The number of nitrogens with one attached hydrogen (secondary N) is 2. The fourth-order valence-electron chi connectivity index (χ4n) is 4.20. The highest BCUT2D eigenvalue weighted by Crippen LogP contribution is 2.32. The number of fused-ring (bicyclic) bond motifs is 1. The minimum absolute atomic E-state index is 0.0515. The predicted molar refractivity (Wildman–Crippen MR) is 123 cm³/mol. The fraction of sp³-hybridized carbons (Fsp3) is 0.333. The molecule has 182 valence electrons. The molecule has 0 spiro atoms. The molecule has 11 heteroatoms. The molecule has 1 aromatic heterocycles. The number of ether oxygens (including phenoxy) is 2. The summed E-state index contributed by atoms with van der Waals surface area (Å²) in [7, 11) is 0. The molecule has 3 amide bonds. The van der Waals surface area contributed by atoms with Crippen LogP contribution in [0.2, 0.25) is 0 Å². The number of urea groups is 1. The fourth-order valence-corrected chi connectivity index (χ4v) is 4.20. The lowest BCUT2D eigenvalue weighted by molar-refractivity contribution is -0.121. The first-order valence-electron chi connectivity index (χ1n) is 11.4. The van der Waals surface area contributed by atoms with Gasteiger partial charge in [-0.2, -0.15) is 4.98 Å². The first-order chi connectivity index (χ1) is 17.0. The Kier molecular flexibility index (Phi) is 6.57. The predicted octanol–water partition coefficient (Wildman–Crippen LogP) is 3.17. The Labute approximate surface area is 200 Å². The zero-order valence-corrected chi connectivity index (χ0v) is 18.8. The lowest BCUT2D eigenvalue weighted by Gasteiger charge is -2.30. The summed E-state index contributed by atoms with van der Waals surface area (Å²) in [5.41, 5.74) is 1.03. The van der Waals surface area contributed by atoms with E-state index < -0.39 is 11.9 Å². The molecule has 3 aromatic rings. The average molecular weight is 481 g/mol. The van der Waals surface area contributed by atoms with E-state index in [0.717, 1.165) is 12.8 Å². The molecule has 1 saturated heterocycles. The van der Waals surface area contributed by atoms with Crippen LogP contribution < -0.4 is 20.1 Å². The van der Waals surface area contributed by atoms with Gasteiger partial charge in [0.2, 0.25) is 17.6 Å². The topological polar surface area (TPSA) is 119 Å². The van der Waals surface area contributed by atoms with Crippen molar-refractivity contribution < 1.29 is 28.0 Å². The number of anilines is 1. The van der Waals surface area contributed by atoms with Crippen LogP contribution in [-0.2, 0) is 4.79 Å². The maximum atomic E-state index is 13.5. The van der Waals surface area contributed by atoms with Gasteiger partial charge in [-0.05, 0) is 43.7 Å². The molecule has 0 aliphatic carbocycles. The zero-order chi connectivity index (χ0) is 24.2. The number of hydrogen-bond acceptors (Lipinski definition) is 8. The molecule has 10 nitrogen and oxygen atoms in total. The van der Waals surface area contributed by atoms with Gasteiger partial charge in [0.1, 0.15) is 19.0 Å². The molecule has 1 atom stereocenters. The second-order valence-corrected chi connectivity index (χ2v) is 8.40. The van der Waals surface area contributed by atoms with Gasteiger partial charge in [-0.15, -0.1) is 0 Å². The van der Waals surface area contributed by atoms with Crippen molar-refractivity contribution in [1.82, 2.24) is 20.4 Å². The van der Waals surface area contributed by atoms with E-state index in [1.807, 2.05) is 4.90 Å². The molecular weight excluding hydrogens is 457 g/mol. The first kappa shape index (κ1) is 22.8. The third-order valence-electron chi connectivity index (χ3n) is 5.80. The molecule has 1 unspecified atom stereocenters. The molecule has 2 aromatic carbocycles. The highest BCUT2D eigenvalue weighted by Gasteiger charge is 2.27. The molecule has 0 radical (unpaired) electrons. The summed E-state index contributed by atoms with van der Waals surface area (Å²) in [5, 5.41) is 8.96. The highest BCUT2D eigenvalue weighted by atomic mass is 19.1. The van der Waals surface area contributed by atoms with Gasteiger partial charge in [-0.1, -0.05) is 17.3 Å². The van der Waals surface area contributed by atoms with Crippen molar-refractivity contribution in [1.29, 1.82) is 0 Å². The van der Waals surface area contributed by atoms with Gasteiger partial charge in [0.05, 0.1) is 12.5 Å². The molecule has 35 heavy (non-hydrogen) atoms. The molecule has 2 aliphatic heterocycles. The third kappa shape index (κ3) is 5.57. The average Bonchev–Trinajstić information content (AvgIpc) is 3.34. The summed E-state index contributed by atoms with van der Waals surface area (Å²) in [6.45, 7) is 2.21. The summed E-state index contributed by atoms with van der Waals surface area (Å²) >= 11 is 0. The number of imide groups is 1. The number of carbonyl (C=O) groups excluding carboxylic acids is 2. The molecular formula is C24H24FN5O5. The molecule has 1 fully saturated rings. The minimum atomic E-state index is -0.628. The van der Waals surface area contributed by atoms with E-state index in [1.165, 1.54) is 12.1 Å². The molecule has 5 rings (SSSR count). The van der Waals surface area contributed by atoms with E-state index in [0.29, 0.717) is 60.8 Å². The van der Waals surface area contributed by atoms with Crippen molar-refractivity contribution in [3.8, 4) is 22.9 Å². The van der Waals surface area contributed by atoms with Crippen molar-refractivity contribution in [3.05, 3.63) is 54.2 Å². The van der Waals surface area contributed by atoms with E-state index in [-0.39, 0.29) is 18.3 Å². The van der Waals surface area contributed by atoms with Gasteiger partial charge in [0.25, 0.3) is 0 Å². The first-order valence-corrected chi connectivity index (χ1v) is 11.4. The lowest BCUT2D eigenvalue weighted by Crippen LogP contribution is -2.44. The van der Waals surface area contributed by atoms with Crippen LogP contribution in [0.1, 0.15) is 24.7 Å². The maximum Gasteiger partial charge on any atom is 0.325 e.